The maximum Gasteiger partial charge on any atom is 1.00 e. The van der Waals surface area contributed by atoms with Gasteiger partial charge in [0.25, 0.3) is 0 Å². The van der Waals surface area contributed by atoms with Gasteiger partial charge in [0.05, 0.1) is 49.3 Å². The van der Waals surface area contributed by atoms with Crippen LogP contribution in [0.15, 0.2) is 11.6 Å². The minimum Gasteiger partial charge on any atom is -0.726 e. The summed E-state index contributed by atoms with van der Waals surface area (Å²) in [6.45, 7) is 12.5. The van der Waals surface area contributed by atoms with Crippen LogP contribution < -0.4 is 29.6 Å². The first-order valence-electron chi connectivity index (χ1n) is 29.9. The van der Waals surface area contributed by atoms with Gasteiger partial charge >= 0.3 is 29.6 Å². The van der Waals surface area contributed by atoms with E-state index in [9.17, 15) is 84.1 Å². The van der Waals surface area contributed by atoms with Crippen molar-refractivity contribution in [2.75, 3.05) is 13.2 Å². The van der Waals surface area contributed by atoms with E-state index in [1.807, 2.05) is 13.8 Å². The summed E-state index contributed by atoms with van der Waals surface area (Å²) in [5.74, 6) is -0.864. The van der Waals surface area contributed by atoms with E-state index in [1.54, 1.807) is 6.92 Å². The fourth-order valence-electron chi connectivity index (χ4n) is 15.8. The van der Waals surface area contributed by atoms with E-state index in [0.717, 1.165) is 5.57 Å². The Hall–Kier alpha value is -0.640. The first kappa shape index (κ1) is 71.2. The van der Waals surface area contributed by atoms with Gasteiger partial charge in [0.15, 0.2) is 31.5 Å². The molecule has 86 heavy (non-hydrogen) atoms. The Kier molecular flexibility index (Phi) is 23.0. The summed E-state index contributed by atoms with van der Waals surface area (Å²) in [4.78, 5) is 13.2. The van der Waals surface area contributed by atoms with Crippen molar-refractivity contribution in [3.8, 4) is 0 Å². The third-order valence-corrected chi connectivity index (χ3v) is 20.8. The molecular formula is C56H91NaO28S. The molecule has 30 heteroatoms. The molecule has 5 heterocycles. The normalized spacial score (nSPS) is 50.7. The molecule has 5 unspecified atom stereocenters. The zero-order valence-electron chi connectivity index (χ0n) is 50.1. The second-order valence-electron chi connectivity index (χ2n) is 26.6. The van der Waals surface area contributed by atoms with Gasteiger partial charge in [-0.15, -0.1) is 0 Å². The van der Waals surface area contributed by atoms with Gasteiger partial charge < -0.3 is 118 Å². The number of allylic oxidation sites excluding steroid dienone is 2. The van der Waals surface area contributed by atoms with Gasteiger partial charge in [-0.05, 0) is 113 Å². The summed E-state index contributed by atoms with van der Waals surface area (Å²) in [7, 11) is -5.13. The number of aliphatic hydroxyl groups is 13. The number of Topliss-reactive ketones (excluding diaryl/α,β-unsaturated/α-hetero) is 1. The van der Waals surface area contributed by atoms with E-state index in [2.05, 4.69) is 19.9 Å². The zero-order chi connectivity index (χ0) is 62.3. The van der Waals surface area contributed by atoms with Crippen molar-refractivity contribution in [3.05, 3.63) is 11.6 Å². The Morgan fingerprint density at radius 2 is 1.21 bits per heavy atom. The SMILES string of the molecule is CC(C)CC(=O)C[C@@](C)(O)[C@H]1CC[C@H]2[C@@H]3C[C@H](OC4O[C@H](C)[C@@H](O)[C@H](OC5OC[C@@H](OC6O[C@H](CO)[C@H](O)[C@H](O)[C@H]6OC6O[C@H](C)[C@H](O)[C@H](O)[C@H]6O)[C@H](O)[C@H]5OC5O[C@H](C)[C@@H](O)[C@H](O)[C@H]5O)[C@H]4O)[C@H]4C[C@@H](OS(=O)(=O)[O-])CC[C@]4(C)C3=CC[C@@]21C.[Na+]. The Bertz CT molecular complexity index is 2430. The number of ether oxygens (including phenoxy) is 10. The van der Waals surface area contributed by atoms with Gasteiger partial charge in [-0.2, -0.15) is 0 Å². The first-order valence-corrected chi connectivity index (χ1v) is 31.2. The average molecular weight is 1270 g/mol. The number of carbonyl (C=O) groups excluding carboxylic acids is 1. The molecule has 5 saturated heterocycles. The van der Waals surface area contributed by atoms with E-state index >= 15 is 0 Å². The fraction of sp³-hybridized carbons (Fsp3) is 0.946. The number of hydrogen-bond acceptors (Lipinski definition) is 28. The molecule has 9 aliphatic rings. The molecule has 0 radical (unpaired) electrons. The molecule has 13 N–H and O–H groups in total. The predicted molar refractivity (Wildman–Crippen MR) is 284 cm³/mol. The summed E-state index contributed by atoms with van der Waals surface area (Å²) in [6.07, 6.45) is -37.5. The molecule has 0 amide bonds. The zero-order valence-corrected chi connectivity index (χ0v) is 52.9. The fourth-order valence-corrected chi connectivity index (χ4v) is 16.3. The Morgan fingerprint density at radius 3 is 1.78 bits per heavy atom. The largest absolute Gasteiger partial charge is 1.00 e. The van der Waals surface area contributed by atoms with Crippen LogP contribution in [0.5, 0.6) is 0 Å². The van der Waals surface area contributed by atoms with Gasteiger partial charge in [-0.3, -0.25) is 8.98 Å². The monoisotopic (exact) mass is 1270 g/mol. The van der Waals surface area contributed by atoms with Crippen molar-refractivity contribution < 1.29 is 165 Å². The number of rotatable bonds is 18. The standard InChI is InChI=1S/C56H92O28S.Na/c1-21(2)15-25(58)18-56(8,70)34-10-9-28-27-17-31(30-16-26(84-85(71,72)73)11-13-54(30,6)29(27)12-14-55(28,34)7)78-51-45(69)46(37(61)24(5)77-51)81-52-47(82-49-43(67)40(64)35(59)22(3)75-49)39(63)33(20-74-52)80-53-48(42(66)38(62)32(19-57)79-53)83-50-44(68)41(65)36(60)23(4)76-50;/h12,21-24,26-28,30-53,57,59-70H,9-11,13-20H2,1-8H3,(H,71,72,73);/q;+1/p-1/t22-,23-,24-,26+,27+,28+,30-,31+,32-,33-,34+,35-,36+,37-,38+,39+,40+,41+,42+,43-,44-,45-,46+,47-,48-,49?,50?,51?,52?,53?,54-,55+,56-;/m1./s1. The number of aliphatic hydroxyl groups excluding tert-OH is 12. The third-order valence-electron chi connectivity index (χ3n) is 20.3. The molecule has 3 saturated carbocycles. The van der Waals surface area contributed by atoms with E-state index in [1.165, 1.54) is 20.8 Å². The summed E-state index contributed by atoms with van der Waals surface area (Å²) in [5.41, 5.74) is -1.31. The van der Waals surface area contributed by atoms with E-state index in [-0.39, 0.29) is 78.3 Å². The van der Waals surface area contributed by atoms with Crippen LogP contribution in [0.4, 0.5) is 0 Å². The quantitative estimate of drug-likeness (QED) is 0.0263. The van der Waals surface area contributed by atoms with Crippen molar-refractivity contribution in [2.45, 2.75) is 278 Å². The molecule has 0 spiro atoms. The van der Waals surface area contributed by atoms with E-state index in [4.69, 9.17) is 51.6 Å². The van der Waals surface area contributed by atoms with Crippen molar-refractivity contribution in [2.24, 2.45) is 40.4 Å². The molecule has 0 aromatic carbocycles. The molecule has 33 atom stereocenters. The molecule has 490 valence electrons. The third kappa shape index (κ3) is 14.2. The maximum absolute atomic E-state index is 13.2. The van der Waals surface area contributed by atoms with Gasteiger partial charge in [-0.1, -0.05) is 39.3 Å². The average Bonchev–Trinajstić information content (AvgIpc) is 1.30. The number of fused-ring (bicyclic) bond motifs is 5. The minimum atomic E-state index is -5.13. The summed E-state index contributed by atoms with van der Waals surface area (Å²) >= 11 is 0. The number of ketones is 1. The molecule has 0 bridgehead atoms. The minimum absolute atomic E-state index is 0. The van der Waals surface area contributed by atoms with Gasteiger partial charge in [0.2, 0.25) is 10.4 Å². The van der Waals surface area contributed by atoms with Gasteiger partial charge in [-0.25, -0.2) is 8.42 Å². The molecule has 9 rings (SSSR count). The topological polar surface area (TPSA) is 439 Å². The molecule has 5 aliphatic heterocycles. The Balaban J connectivity index is 0.00000961. The molecule has 8 fully saturated rings. The van der Waals surface area contributed by atoms with Crippen LogP contribution in [0, 0.1) is 40.4 Å². The predicted octanol–water partition coefficient (Wildman–Crippen LogP) is -6.02. The maximum atomic E-state index is 13.2. The Labute approximate surface area is 522 Å². The number of carbonyl (C=O) groups is 1. The number of hydrogen-bond donors (Lipinski definition) is 13. The molecule has 28 nitrogen and oxygen atoms in total. The van der Waals surface area contributed by atoms with Gasteiger partial charge in [0.1, 0.15) is 103 Å². The van der Waals surface area contributed by atoms with Crippen LogP contribution in [-0.4, -0.2) is 264 Å². The van der Waals surface area contributed by atoms with Crippen LogP contribution in [-0.2, 0) is 66.7 Å². The van der Waals surface area contributed by atoms with Gasteiger partial charge in [0, 0.05) is 12.8 Å². The second-order valence-corrected chi connectivity index (χ2v) is 27.7. The van der Waals surface area contributed by atoms with Crippen LogP contribution in [0.25, 0.3) is 0 Å². The summed E-state index contributed by atoms with van der Waals surface area (Å²) in [5, 5.41) is 145. The van der Waals surface area contributed by atoms with Crippen LogP contribution in [0.2, 0.25) is 0 Å². The summed E-state index contributed by atoms with van der Waals surface area (Å²) < 4.78 is 102. The van der Waals surface area contributed by atoms with Crippen molar-refractivity contribution in [3.63, 3.8) is 0 Å². The Morgan fingerprint density at radius 1 is 0.663 bits per heavy atom. The first-order chi connectivity index (χ1) is 39.7. The van der Waals surface area contributed by atoms with E-state index in [0.29, 0.717) is 38.5 Å². The van der Waals surface area contributed by atoms with Crippen molar-refractivity contribution >= 4 is 16.2 Å². The van der Waals surface area contributed by atoms with E-state index < -0.39 is 206 Å². The summed E-state index contributed by atoms with van der Waals surface area (Å²) in [6, 6.07) is 0. The molecule has 0 aromatic heterocycles. The smallest absolute Gasteiger partial charge is 0.726 e. The van der Waals surface area contributed by atoms with Crippen LogP contribution >= 0.6 is 0 Å². The second kappa shape index (κ2) is 27.7. The van der Waals surface area contributed by atoms with Crippen LogP contribution in [0.1, 0.15) is 113 Å². The molecular weight excluding hydrogens is 1180 g/mol. The van der Waals surface area contributed by atoms with Crippen molar-refractivity contribution in [1.29, 1.82) is 0 Å². The molecule has 4 aliphatic carbocycles. The molecule has 0 aromatic rings. The van der Waals surface area contributed by atoms with Crippen molar-refractivity contribution in [1.82, 2.24) is 0 Å². The van der Waals surface area contributed by atoms with Crippen LogP contribution in [0.3, 0.4) is 0 Å².